The quantitative estimate of drug-likeness (QED) is 0.795. The summed E-state index contributed by atoms with van der Waals surface area (Å²) in [7, 11) is -1.65. The highest BCUT2D eigenvalue weighted by molar-refractivity contribution is 7.91. The lowest BCUT2D eigenvalue weighted by molar-refractivity contribution is -0.129. The van der Waals surface area contributed by atoms with Gasteiger partial charge in [0.25, 0.3) is 0 Å². The van der Waals surface area contributed by atoms with Crippen molar-refractivity contribution in [1.29, 1.82) is 0 Å². The highest BCUT2D eigenvalue weighted by Crippen LogP contribution is 2.19. The predicted molar refractivity (Wildman–Crippen MR) is 79.5 cm³/mol. The Kier molecular flexibility index (Phi) is 5.05. The van der Waals surface area contributed by atoms with Gasteiger partial charge < -0.3 is 14.2 Å². The van der Waals surface area contributed by atoms with Crippen LogP contribution in [0.2, 0.25) is 0 Å². The van der Waals surface area contributed by atoms with E-state index in [-0.39, 0.29) is 11.8 Å². The number of rotatable bonds is 5. The summed E-state index contributed by atoms with van der Waals surface area (Å²) >= 11 is 0. The van der Waals surface area contributed by atoms with Gasteiger partial charge >= 0.3 is 0 Å². The van der Waals surface area contributed by atoms with E-state index >= 15 is 0 Å². The number of methoxy groups -OCH3 is 1. The first-order valence-electron chi connectivity index (χ1n) is 6.97. The zero-order valence-corrected chi connectivity index (χ0v) is 13.3. The number of hydrogen-bond acceptors (Lipinski definition) is 4. The molecule has 0 aliphatic carbocycles. The summed E-state index contributed by atoms with van der Waals surface area (Å²) < 4.78 is 29.9. The Morgan fingerprint density at radius 2 is 2.19 bits per heavy atom. The van der Waals surface area contributed by atoms with E-state index in [0.717, 1.165) is 24.9 Å². The van der Waals surface area contributed by atoms with Crippen LogP contribution in [0.1, 0.15) is 12.1 Å². The van der Waals surface area contributed by atoms with Crippen LogP contribution in [0.5, 0.6) is 0 Å². The molecule has 1 atom stereocenters. The molecule has 21 heavy (non-hydrogen) atoms. The van der Waals surface area contributed by atoms with Crippen LogP contribution in [0.25, 0.3) is 0 Å². The maximum absolute atomic E-state index is 12.2. The van der Waals surface area contributed by atoms with Crippen LogP contribution in [0.3, 0.4) is 0 Å². The lowest BCUT2D eigenvalue weighted by atomic mass is 10.1. The molecule has 0 N–H and O–H groups in total. The smallest absolute Gasteiger partial charge is 0.238 e. The number of ether oxygens (including phenoxy) is 1. The second-order valence-corrected chi connectivity index (χ2v) is 7.78. The SMILES string of the molecule is COCC[C@H]1CN(C(=O)CS(C)(=O)=O)Cc2cccn2C1. The van der Waals surface area contributed by atoms with Crippen LogP contribution >= 0.6 is 0 Å². The van der Waals surface area contributed by atoms with Crippen LogP contribution in [0.4, 0.5) is 0 Å². The number of sulfone groups is 1. The molecule has 118 valence electrons. The summed E-state index contributed by atoms with van der Waals surface area (Å²) in [6.45, 7) is 2.49. The summed E-state index contributed by atoms with van der Waals surface area (Å²) in [4.78, 5) is 13.9. The first kappa shape index (κ1) is 16.0. The van der Waals surface area contributed by atoms with E-state index in [1.54, 1.807) is 12.0 Å². The molecule has 7 heteroatoms. The van der Waals surface area contributed by atoms with Crippen LogP contribution < -0.4 is 0 Å². The molecule has 0 spiro atoms. The van der Waals surface area contributed by atoms with Gasteiger partial charge in [0, 0.05) is 45.0 Å². The average molecular weight is 314 g/mol. The van der Waals surface area contributed by atoms with Gasteiger partial charge in [-0.25, -0.2) is 8.42 Å². The van der Waals surface area contributed by atoms with Crippen molar-refractivity contribution in [2.75, 3.05) is 32.3 Å². The lowest BCUT2D eigenvalue weighted by Gasteiger charge is -2.24. The Morgan fingerprint density at radius 3 is 2.86 bits per heavy atom. The average Bonchev–Trinajstić information content (AvgIpc) is 2.72. The van der Waals surface area contributed by atoms with Gasteiger partial charge in [-0.2, -0.15) is 0 Å². The zero-order chi connectivity index (χ0) is 15.5. The van der Waals surface area contributed by atoms with Crippen molar-refractivity contribution in [3.8, 4) is 0 Å². The summed E-state index contributed by atoms with van der Waals surface area (Å²) in [5.74, 6) is -0.485. The Bertz CT molecular complexity index is 594. The minimum atomic E-state index is -3.31. The van der Waals surface area contributed by atoms with Gasteiger partial charge in [-0.05, 0) is 24.5 Å². The summed E-state index contributed by atoms with van der Waals surface area (Å²) in [6.07, 6.45) is 3.93. The molecule has 0 radical (unpaired) electrons. The van der Waals surface area contributed by atoms with Gasteiger partial charge in [0.05, 0.1) is 6.54 Å². The molecular formula is C14H22N2O4S. The highest BCUT2D eigenvalue weighted by atomic mass is 32.2. The molecule has 1 amide bonds. The molecule has 0 fully saturated rings. The third-order valence-corrected chi connectivity index (χ3v) is 4.45. The first-order chi connectivity index (χ1) is 9.89. The molecule has 6 nitrogen and oxygen atoms in total. The fourth-order valence-corrected chi connectivity index (χ4v) is 3.28. The first-order valence-corrected chi connectivity index (χ1v) is 9.03. The predicted octanol–water partition coefficient (Wildman–Crippen LogP) is 0.528. The van der Waals surface area contributed by atoms with Gasteiger partial charge in [0.15, 0.2) is 9.84 Å². The van der Waals surface area contributed by atoms with Crippen molar-refractivity contribution in [3.05, 3.63) is 24.0 Å². The molecule has 2 heterocycles. The van der Waals surface area contributed by atoms with Crippen molar-refractivity contribution in [2.24, 2.45) is 5.92 Å². The molecule has 0 saturated carbocycles. The number of carbonyl (C=O) groups excluding carboxylic acids is 1. The van der Waals surface area contributed by atoms with Crippen molar-refractivity contribution >= 4 is 15.7 Å². The number of amides is 1. The van der Waals surface area contributed by atoms with E-state index in [0.29, 0.717) is 19.7 Å². The Labute approximate surface area is 125 Å². The van der Waals surface area contributed by atoms with Crippen LogP contribution in [-0.4, -0.2) is 56.1 Å². The fraction of sp³-hybridized carbons (Fsp3) is 0.643. The lowest BCUT2D eigenvalue weighted by Crippen LogP contribution is -2.37. The van der Waals surface area contributed by atoms with Crippen LogP contribution in [0.15, 0.2) is 18.3 Å². The highest BCUT2D eigenvalue weighted by Gasteiger charge is 2.26. The van der Waals surface area contributed by atoms with E-state index in [2.05, 4.69) is 4.57 Å². The maximum Gasteiger partial charge on any atom is 0.238 e. The van der Waals surface area contributed by atoms with Crippen molar-refractivity contribution < 1.29 is 17.9 Å². The molecule has 2 rings (SSSR count). The van der Waals surface area contributed by atoms with Gasteiger partial charge in [-0.15, -0.1) is 0 Å². The van der Waals surface area contributed by atoms with Gasteiger partial charge in [-0.3, -0.25) is 4.79 Å². The molecule has 1 aromatic heterocycles. The molecule has 1 aliphatic rings. The van der Waals surface area contributed by atoms with E-state index < -0.39 is 15.6 Å². The molecule has 1 aromatic rings. The number of carbonyl (C=O) groups is 1. The van der Waals surface area contributed by atoms with Crippen LogP contribution in [0, 0.1) is 5.92 Å². The third kappa shape index (κ3) is 4.57. The van der Waals surface area contributed by atoms with E-state index in [1.807, 2.05) is 18.3 Å². The second-order valence-electron chi connectivity index (χ2n) is 5.64. The molecule has 0 saturated heterocycles. The Hall–Kier alpha value is -1.34. The molecule has 0 aromatic carbocycles. The minimum absolute atomic E-state index is 0.266. The fourth-order valence-electron chi connectivity index (χ4n) is 2.65. The molecule has 0 unspecified atom stereocenters. The zero-order valence-electron chi connectivity index (χ0n) is 12.5. The minimum Gasteiger partial charge on any atom is -0.385 e. The largest absolute Gasteiger partial charge is 0.385 e. The molecule has 1 aliphatic heterocycles. The molecule has 0 bridgehead atoms. The Morgan fingerprint density at radius 1 is 1.43 bits per heavy atom. The van der Waals surface area contributed by atoms with Gasteiger partial charge in [-0.1, -0.05) is 0 Å². The topological polar surface area (TPSA) is 68.6 Å². The summed E-state index contributed by atoms with van der Waals surface area (Å²) in [5.41, 5.74) is 1.04. The van der Waals surface area contributed by atoms with E-state index in [1.165, 1.54) is 0 Å². The number of aromatic nitrogens is 1. The van der Waals surface area contributed by atoms with Gasteiger partial charge in [0.1, 0.15) is 5.75 Å². The van der Waals surface area contributed by atoms with Gasteiger partial charge in [0.2, 0.25) is 5.91 Å². The van der Waals surface area contributed by atoms with Crippen molar-refractivity contribution in [3.63, 3.8) is 0 Å². The van der Waals surface area contributed by atoms with Crippen molar-refractivity contribution in [2.45, 2.75) is 19.5 Å². The normalized spacial score (nSPS) is 19.1. The van der Waals surface area contributed by atoms with Crippen LogP contribution in [-0.2, 0) is 32.5 Å². The summed E-state index contributed by atoms with van der Waals surface area (Å²) in [6, 6.07) is 3.92. The van der Waals surface area contributed by atoms with E-state index in [4.69, 9.17) is 4.74 Å². The maximum atomic E-state index is 12.2. The number of nitrogens with zero attached hydrogens (tertiary/aromatic N) is 2. The molecular weight excluding hydrogens is 292 g/mol. The number of hydrogen-bond donors (Lipinski definition) is 0. The second kappa shape index (κ2) is 6.62. The number of fused-ring (bicyclic) bond motifs is 1. The monoisotopic (exact) mass is 314 g/mol. The summed E-state index contributed by atoms with van der Waals surface area (Å²) in [5, 5.41) is 0. The van der Waals surface area contributed by atoms with Crippen molar-refractivity contribution in [1.82, 2.24) is 9.47 Å². The van der Waals surface area contributed by atoms with E-state index in [9.17, 15) is 13.2 Å². The third-order valence-electron chi connectivity index (χ3n) is 3.68. The standard InChI is InChI=1S/C14H22N2O4S/c1-20-7-5-12-8-15-6-3-4-13(15)10-16(9-12)14(17)11-21(2,18)19/h3-4,6,12H,5,7-11H2,1-2H3/t12-/m1/s1. The Balaban J connectivity index is 2.15.